The van der Waals surface area contributed by atoms with E-state index < -0.39 is 0 Å². The minimum atomic E-state index is 0.157. The van der Waals surface area contributed by atoms with Crippen LogP contribution in [0.4, 0.5) is 5.82 Å². The first-order valence-corrected chi connectivity index (χ1v) is 11.9. The number of ether oxygens (including phenoxy) is 1. The molecule has 1 aliphatic heterocycles. The summed E-state index contributed by atoms with van der Waals surface area (Å²) in [4.78, 5) is 13.7. The number of benzene rings is 1. The second-order valence-electron chi connectivity index (χ2n) is 8.69. The monoisotopic (exact) mass is 465 g/mol. The number of nitrogens with zero attached hydrogens (tertiary/aromatic N) is 6. The molecule has 0 amide bonds. The Morgan fingerprint density at radius 3 is 2.76 bits per heavy atom. The second-order valence-corrected chi connectivity index (χ2v) is 8.69. The number of aromatic hydroxyl groups is 1. The molecule has 9 nitrogen and oxygen atoms in total. The predicted octanol–water partition coefficient (Wildman–Crippen LogP) is 2.48. The summed E-state index contributed by atoms with van der Waals surface area (Å²) in [6, 6.07) is 7.80. The van der Waals surface area contributed by atoms with Crippen LogP contribution in [-0.2, 0) is 11.3 Å². The maximum Gasteiger partial charge on any atom is 0.165 e. The van der Waals surface area contributed by atoms with Gasteiger partial charge in [0, 0.05) is 57.2 Å². The molecule has 9 heteroatoms. The Labute approximate surface area is 201 Å². The van der Waals surface area contributed by atoms with Gasteiger partial charge in [-0.2, -0.15) is 5.10 Å². The van der Waals surface area contributed by atoms with Crippen LogP contribution in [0.15, 0.2) is 42.9 Å². The third kappa shape index (κ3) is 5.91. The smallest absolute Gasteiger partial charge is 0.165 e. The molecule has 0 unspecified atom stereocenters. The van der Waals surface area contributed by atoms with Crippen LogP contribution in [0.3, 0.4) is 0 Å². The molecular weight excluding hydrogens is 430 g/mol. The molecule has 1 saturated heterocycles. The molecule has 182 valence electrons. The summed E-state index contributed by atoms with van der Waals surface area (Å²) in [7, 11) is 4.00. The Hall–Kier alpha value is -3.01. The third-order valence-corrected chi connectivity index (χ3v) is 6.38. The Morgan fingerprint density at radius 1 is 1.18 bits per heavy atom. The molecular formula is C25H35N7O2. The van der Waals surface area contributed by atoms with E-state index in [0.717, 1.165) is 69.3 Å². The van der Waals surface area contributed by atoms with Crippen molar-refractivity contribution in [3.63, 3.8) is 0 Å². The zero-order valence-corrected chi connectivity index (χ0v) is 20.3. The van der Waals surface area contributed by atoms with Gasteiger partial charge >= 0.3 is 0 Å². The Morgan fingerprint density at radius 2 is 2.00 bits per heavy atom. The van der Waals surface area contributed by atoms with Gasteiger partial charge in [-0.3, -0.25) is 9.58 Å². The van der Waals surface area contributed by atoms with E-state index >= 15 is 0 Å². The van der Waals surface area contributed by atoms with Gasteiger partial charge in [0.1, 0.15) is 11.6 Å². The molecule has 0 saturated carbocycles. The van der Waals surface area contributed by atoms with Crippen LogP contribution in [0.25, 0.3) is 22.5 Å². The van der Waals surface area contributed by atoms with Crippen molar-refractivity contribution >= 4 is 5.82 Å². The van der Waals surface area contributed by atoms with Crippen LogP contribution in [0, 0.1) is 0 Å². The van der Waals surface area contributed by atoms with Gasteiger partial charge in [0.15, 0.2) is 5.82 Å². The number of hydrogen-bond donors (Lipinski definition) is 2. The van der Waals surface area contributed by atoms with Gasteiger partial charge in [-0.25, -0.2) is 9.97 Å². The summed E-state index contributed by atoms with van der Waals surface area (Å²) in [5.41, 5.74) is 2.57. The maximum absolute atomic E-state index is 10.6. The molecule has 1 fully saturated rings. The van der Waals surface area contributed by atoms with Gasteiger partial charge < -0.3 is 20.1 Å². The van der Waals surface area contributed by atoms with E-state index in [1.54, 1.807) is 12.3 Å². The predicted molar refractivity (Wildman–Crippen MR) is 134 cm³/mol. The van der Waals surface area contributed by atoms with Gasteiger partial charge in [-0.15, -0.1) is 0 Å². The van der Waals surface area contributed by atoms with E-state index in [4.69, 9.17) is 9.72 Å². The van der Waals surface area contributed by atoms with Crippen LogP contribution in [0.1, 0.15) is 13.3 Å². The van der Waals surface area contributed by atoms with Gasteiger partial charge in [0.25, 0.3) is 0 Å². The van der Waals surface area contributed by atoms with Crippen molar-refractivity contribution in [2.45, 2.75) is 25.9 Å². The molecule has 1 atom stereocenters. The molecule has 34 heavy (non-hydrogen) atoms. The summed E-state index contributed by atoms with van der Waals surface area (Å²) in [5, 5.41) is 18.4. The number of aromatic nitrogens is 4. The summed E-state index contributed by atoms with van der Waals surface area (Å²) >= 11 is 0. The van der Waals surface area contributed by atoms with Crippen LogP contribution >= 0.6 is 0 Å². The molecule has 2 N–H and O–H groups in total. The zero-order valence-electron chi connectivity index (χ0n) is 20.3. The van der Waals surface area contributed by atoms with Crippen LogP contribution in [0.5, 0.6) is 5.75 Å². The molecule has 0 aliphatic carbocycles. The molecule has 3 aromatic rings. The van der Waals surface area contributed by atoms with Gasteiger partial charge in [0.2, 0.25) is 0 Å². The quantitative estimate of drug-likeness (QED) is 0.472. The number of likely N-dealkylation sites (N-methyl/N-ethyl adjacent to an activating group) is 2. The normalized spacial score (nSPS) is 15.4. The fraction of sp³-hybridized carbons (Fsp3) is 0.480. The van der Waals surface area contributed by atoms with E-state index in [2.05, 4.69) is 32.1 Å². The van der Waals surface area contributed by atoms with Crippen molar-refractivity contribution in [3.8, 4) is 28.3 Å². The summed E-state index contributed by atoms with van der Waals surface area (Å²) in [5.74, 6) is 1.48. The number of hydrogen-bond acceptors (Lipinski definition) is 8. The average molecular weight is 466 g/mol. The minimum Gasteiger partial charge on any atom is -0.507 e. The van der Waals surface area contributed by atoms with Crippen LogP contribution < -0.4 is 10.2 Å². The summed E-state index contributed by atoms with van der Waals surface area (Å²) in [6.07, 6.45) is 6.68. The van der Waals surface area contributed by atoms with Gasteiger partial charge in [-0.1, -0.05) is 13.0 Å². The first-order chi connectivity index (χ1) is 16.6. The number of rotatable bonds is 10. The van der Waals surface area contributed by atoms with E-state index in [-0.39, 0.29) is 5.75 Å². The first-order valence-electron chi connectivity index (χ1n) is 11.9. The standard InChI is InChI=1S/C25H35N7O2/c1-4-21(26-2)18-30(3)24-7-8-27-25(29-24)22-15-19(5-6-23(22)33)20-16-28-32(17-20)10-9-31-11-13-34-14-12-31/h5-8,15-17,21,26,33H,4,9-14,18H2,1-3H3/t21-/m1/s1. The largest absolute Gasteiger partial charge is 0.507 e. The van der Waals surface area contributed by atoms with E-state index in [1.807, 2.05) is 49.4 Å². The third-order valence-electron chi connectivity index (χ3n) is 6.38. The molecule has 4 rings (SSSR count). The molecule has 2 aromatic heterocycles. The minimum absolute atomic E-state index is 0.157. The number of nitrogens with one attached hydrogen (secondary N) is 1. The Balaban J connectivity index is 1.50. The first kappa shape index (κ1) is 24.1. The molecule has 0 bridgehead atoms. The number of phenols is 1. The zero-order chi connectivity index (χ0) is 23.9. The number of anilines is 1. The van der Waals surface area contributed by atoms with Gasteiger partial charge in [0.05, 0.1) is 31.5 Å². The highest BCUT2D eigenvalue weighted by Gasteiger charge is 2.15. The molecule has 3 heterocycles. The van der Waals surface area contributed by atoms with Crippen molar-refractivity contribution < 1.29 is 9.84 Å². The lowest BCUT2D eigenvalue weighted by atomic mass is 10.0. The van der Waals surface area contributed by atoms with Crippen LogP contribution in [-0.4, -0.2) is 89.3 Å². The lowest BCUT2D eigenvalue weighted by Crippen LogP contribution is -2.38. The molecule has 0 radical (unpaired) electrons. The molecule has 0 spiro atoms. The van der Waals surface area contributed by atoms with Crippen molar-refractivity contribution in [2.75, 3.05) is 58.4 Å². The molecule has 1 aromatic carbocycles. The highest BCUT2D eigenvalue weighted by molar-refractivity contribution is 5.74. The Kier molecular flexibility index (Phi) is 8.10. The lowest BCUT2D eigenvalue weighted by molar-refractivity contribution is 0.0360. The SMILES string of the molecule is CC[C@H](CN(C)c1ccnc(-c2cc(-c3cnn(CCN4CCOCC4)c3)ccc2O)n1)NC. The summed E-state index contributed by atoms with van der Waals surface area (Å²) in [6.45, 7) is 8.31. The second kappa shape index (κ2) is 11.4. The van der Waals surface area contributed by atoms with Crippen molar-refractivity contribution in [1.82, 2.24) is 30.0 Å². The highest BCUT2D eigenvalue weighted by Crippen LogP contribution is 2.32. The van der Waals surface area contributed by atoms with E-state index in [0.29, 0.717) is 17.4 Å². The summed E-state index contributed by atoms with van der Waals surface area (Å²) < 4.78 is 7.39. The number of morpholine rings is 1. The van der Waals surface area contributed by atoms with E-state index in [9.17, 15) is 5.11 Å². The Bertz CT molecular complexity index is 1060. The van der Waals surface area contributed by atoms with Gasteiger partial charge in [-0.05, 0) is 37.2 Å². The van der Waals surface area contributed by atoms with E-state index in [1.165, 1.54) is 0 Å². The fourth-order valence-electron chi connectivity index (χ4n) is 4.14. The maximum atomic E-state index is 10.6. The van der Waals surface area contributed by atoms with Crippen molar-refractivity contribution in [3.05, 3.63) is 42.9 Å². The highest BCUT2D eigenvalue weighted by atomic mass is 16.5. The van der Waals surface area contributed by atoms with Crippen LogP contribution in [0.2, 0.25) is 0 Å². The average Bonchev–Trinajstić information content (AvgIpc) is 3.36. The van der Waals surface area contributed by atoms with Crippen molar-refractivity contribution in [2.24, 2.45) is 0 Å². The van der Waals surface area contributed by atoms with Crippen molar-refractivity contribution in [1.29, 1.82) is 0 Å². The topological polar surface area (TPSA) is 91.6 Å². The lowest BCUT2D eigenvalue weighted by Gasteiger charge is -2.26. The number of phenolic OH excluding ortho intramolecular Hbond substituents is 1. The molecule has 1 aliphatic rings. The fourth-order valence-corrected chi connectivity index (χ4v) is 4.14.